The van der Waals surface area contributed by atoms with Gasteiger partial charge in [-0.15, -0.1) is 0 Å². The van der Waals surface area contributed by atoms with Crippen LogP contribution in [0.2, 0.25) is 0 Å². The second kappa shape index (κ2) is 7.04. The summed E-state index contributed by atoms with van der Waals surface area (Å²) >= 11 is 0. The van der Waals surface area contributed by atoms with Crippen LogP contribution in [0.4, 0.5) is 5.69 Å². The van der Waals surface area contributed by atoms with Gasteiger partial charge in [-0.2, -0.15) is 0 Å². The first-order valence-corrected chi connectivity index (χ1v) is 9.22. The second-order valence-corrected chi connectivity index (χ2v) is 7.31. The number of amides is 2. The highest BCUT2D eigenvalue weighted by Gasteiger charge is 2.17. The van der Waals surface area contributed by atoms with Gasteiger partial charge in [0.1, 0.15) is 11.1 Å². The third-order valence-electron chi connectivity index (χ3n) is 3.59. The van der Waals surface area contributed by atoms with E-state index in [9.17, 15) is 22.8 Å². The smallest absolute Gasteiger partial charge is 0.349 e. The largest absolute Gasteiger partial charge is 0.422 e. The molecule has 0 atom stereocenters. The predicted octanol–water partition coefficient (Wildman–Crippen LogP) is 1.87. The monoisotopic (exact) mass is 386 g/mol. The molecule has 1 aromatic heterocycles. The Kier molecular flexibility index (Phi) is 4.78. The Labute approximate surface area is 153 Å². The van der Waals surface area contributed by atoms with Crippen LogP contribution in [0.5, 0.6) is 0 Å². The first kappa shape index (κ1) is 18.3. The van der Waals surface area contributed by atoms with E-state index in [-0.39, 0.29) is 16.1 Å². The number of benzene rings is 2. The molecule has 0 radical (unpaired) electrons. The number of para-hydroxylation sites is 1. The topological polar surface area (TPSA) is 123 Å². The SMILES string of the molecule is CC(=O)NS(=O)(=O)c1ccc(NC(=O)c2cc3ccccc3oc2=O)cc1. The van der Waals surface area contributed by atoms with E-state index in [4.69, 9.17) is 4.42 Å². The number of anilines is 1. The Balaban J connectivity index is 1.84. The molecule has 3 rings (SSSR count). The van der Waals surface area contributed by atoms with Crippen LogP contribution in [0.15, 0.2) is 68.7 Å². The molecule has 0 aliphatic rings. The molecule has 0 fully saturated rings. The van der Waals surface area contributed by atoms with Gasteiger partial charge in [0.25, 0.3) is 15.9 Å². The average Bonchev–Trinajstić information content (AvgIpc) is 2.60. The number of carbonyl (C=O) groups is 2. The summed E-state index contributed by atoms with van der Waals surface area (Å²) in [5.74, 6) is -1.40. The van der Waals surface area contributed by atoms with Crippen molar-refractivity contribution in [1.82, 2.24) is 4.72 Å². The summed E-state index contributed by atoms with van der Waals surface area (Å²) < 4.78 is 30.7. The Hall–Kier alpha value is -3.46. The van der Waals surface area contributed by atoms with Gasteiger partial charge in [-0.25, -0.2) is 17.9 Å². The second-order valence-electron chi connectivity index (χ2n) is 5.63. The summed E-state index contributed by atoms with van der Waals surface area (Å²) in [6.45, 7) is 1.08. The van der Waals surface area contributed by atoms with Crippen molar-refractivity contribution >= 4 is 38.5 Å². The molecule has 0 saturated heterocycles. The van der Waals surface area contributed by atoms with Crippen LogP contribution in [-0.2, 0) is 14.8 Å². The lowest BCUT2D eigenvalue weighted by Gasteiger charge is -2.07. The molecule has 2 aromatic carbocycles. The normalized spacial score (nSPS) is 11.1. The molecule has 1 heterocycles. The first-order chi connectivity index (χ1) is 12.8. The Morgan fingerprint density at radius 3 is 2.33 bits per heavy atom. The van der Waals surface area contributed by atoms with Crippen LogP contribution in [-0.4, -0.2) is 20.2 Å². The molecule has 0 bridgehead atoms. The molecule has 138 valence electrons. The van der Waals surface area contributed by atoms with Gasteiger partial charge in [-0.3, -0.25) is 9.59 Å². The standard InChI is InChI=1S/C18H14N2O6S/c1-11(21)20-27(24,25)14-8-6-13(7-9-14)19-17(22)15-10-12-4-2-3-5-16(12)26-18(15)23/h2-10H,1H3,(H,19,22)(H,20,21). The van der Waals surface area contributed by atoms with Gasteiger partial charge in [0.05, 0.1) is 4.90 Å². The van der Waals surface area contributed by atoms with E-state index in [1.807, 2.05) is 4.72 Å². The summed E-state index contributed by atoms with van der Waals surface area (Å²) in [7, 11) is -3.97. The van der Waals surface area contributed by atoms with Crippen molar-refractivity contribution in [3.8, 4) is 0 Å². The third kappa shape index (κ3) is 4.04. The minimum atomic E-state index is -3.97. The van der Waals surface area contributed by atoms with Crippen molar-refractivity contribution in [2.24, 2.45) is 0 Å². The maximum Gasteiger partial charge on any atom is 0.349 e. The van der Waals surface area contributed by atoms with Gasteiger partial charge in [0.2, 0.25) is 5.91 Å². The summed E-state index contributed by atoms with van der Waals surface area (Å²) in [6, 6.07) is 13.3. The van der Waals surface area contributed by atoms with Gasteiger partial charge in [0, 0.05) is 18.0 Å². The minimum absolute atomic E-state index is 0.138. The summed E-state index contributed by atoms with van der Waals surface area (Å²) in [6.07, 6.45) is 0. The van der Waals surface area contributed by atoms with Gasteiger partial charge in [-0.05, 0) is 36.4 Å². The van der Waals surface area contributed by atoms with Crippen LogP contribution < -0.4 is 15.7 Å². The molecular formula is C18H14N2O6S. The highest BCUT2D eigenvalue weighted by Crippen LogP contribution is 2.16. The molecule has 0 aliphatic carbocycles. The van der Waals surface area contributed by atoms with E-state index >= 15 is 0 Å². The first-order valence-electron chi connectivity index (χ1n) is 7.74. The molecular weight excluding hydrogens is 372 g/mol. The fourth-order valence-electron chi connectivity index (χ4n) is 2.38. The fourth-order valence-corrected chi connectivity index (χ4v) is 3.37. The minimum Gasteiger partial charge on any atom is -0.422 e. The van der Waals surface area contributed by atoms with Gasteiger partial charge in [-0.1, -0.05) is 18.2 Å². The van der Waals surface area contributed by atoms with Gasteiger partial charge >= 0.3 is 5.63 Å². The summed E-state index contributed by atoms with van der Waals surface area (Å²) in [5.41, 5.74) is -0.319. The quantitative estimate of drug-likeness (QED) is 0.660. The van der Waals surface area contributed by atoms with Crippen molar-refractivity contribution < 1.29 is 22.4 Å². The Morgan fingerprint density at radius 2 is 1.67 bits per heavy atom. The van der Waals surface area contributed by atoms with E-state index in [1.54, 1.807) is 24.3 Å². The van der Waals surface area contributed by atoms with E-state index in [0.29, 0.717) is 11.0 Å². The van der Waals surface area contributed by atoms with E-state index in [2.05, 4.69) is 5.32 Å². The van der Waals surface area contributed by atoms with Crippen LogP contribution >= 0.6 is 0 Å². The predicted molar refractivity (Wildman–Crippen MR) is 97.9 cm³/mol. The zero-order valence-electron chi connectivity index (χ0n) is 14.1. The highest BCUT2D eigenvalue weighted by molar-refractivity contribution is 7.90. The molecule has 3 aromatic rings. The molecule has 2 N–H and O–H groups in total. The van der Waals surface area contributed by atoms with Crippen molar-refractivity contribution in [2.45, 2.75) is 11.8 Å². The Morgan fingerprint density at radius 1 is 1.00 bits per heavy atom. The van der Waals surface area contributed by atoms with Crippen LogP contribution in [0.3, 0.4) is 0 Å². The summed E-state index contributed by atoms with van der Waals surface area (Å²) in [5, 5.41) is 3.10. The highest BCUT2D eigenvalue weighted by atomic mass is 32.2. The molecule has 0 saturated carbocycles. The molecule has 9 heteroatoms. The van der Waals surface area contributed by atoms with Gasteiger partial charge < -0.3 is 9.73 Å². The zero-order chi connectivity index (χ0) is 19.6. The average molecular weight is 386 g/mol. The maximum absolute atomic E-state index is 12.4. The van der Waals surface area contributed by atoms with Crippen LogP contribution in [0, 0.1) is 0 Å². The van der Waals surface area contributed by atoms with Gasteiger partial charge in [0.15, 0.2) is 0 Å². The Bertz CT molecular complexity index is 1200. The van der Waals surface area contributed by atoms with E-state index in [0.717, 1.165) is 6.92 Å². The molecule has 0 unspecified atom stereocenters. The number of sulfonamides is 1. The number of hydrogen-bond acceptors (Lipinski definition) is 6. The fraction of sp³-hybridized carbons (Fsp3) is 0.0556. The molecule has 2 amide bonds. The summed E-state index contributed by atoms with van der Waals surface area (Å²) in [4.78, 5) is 35.2. The van der Waals surface area contributed by atoms with Crippen LogP contribution in [0.1, 0.15) is 17.3 Å². The lowest BCUT2D eigenvalue weighted by molar-refractivity contribution is -0.117. The zero-order valence-corrected chi connectivity index (χ0v) is 14.9. The number of fused-ring (bicyclic) bond motifs is 1. The number of rotatable bonds is 4. The number of hydrogen-bond donors (Lipinski definition) is 2. The molecule has 27 heavy (non-hydrogen) atoms. The van der Waals surface area contributed by atoms with Crippen LogP contribution in [0.25, 0.3) is 11.0 Å². The lowest BCUT2D eigenvalue weighted by Crippen LogP contribution is -2.28. The maximum atomic E-state index is 12.4. The van der Waals surface area contributed by atoms with E-state index < -0.39 is 27.5 Å². The molecule has 8 nitrogen and oxygen atoms in total. The molecule has 0 aliphatic heterocycles. The number of nitrogens with one attached hydrogen (secondary N) is 2. The van der Waals surface area contributed by atoms with Crippen molar-refractivity contribution in [1.29, 1.82) is 0 Å². The van der Waals surface area contributed by atoms with E-state index in [1.165, 1.54) is 30.3 Å². The van der Waals surface area contributed by atoms with Crippen molar-refractivity contribution in [2.75, 3.05) is 5.32 Å². The van der Waals surface area contributed by atoms with Crippen molar-refractivity contribution in [3.63, 3.8) is 0 Å². The lowest BCUT2D eigenvalue weighted by atomic mass is 10.1. The van der Waals surface area contributed by atoms with Crippen molar-refractivity contribution in [3.05, 3.63) is 70.6 Å². The third-order valence-corrected chi connectivity index (χ3v) is 5.04. The molecule has 0 spiro atoms. The number of carbonyl (C=O) groups excluding carboxylic acids is 2.